The molecule has 3 rings (SSSR count). The summed E-state index contributed by atoms with van der Waals surface area (Å²) in [6.07, 6.45) is 0.542. The van der Waals surface area contributed by atoms with Crippen molar-refractivity contribution in [3.63, 3.8) is 0 Å². The molecule has 1 saturated heterocycles. The Balaban J connectivity index is 1.40. The number of para-hydroxylation sites is 2. The van der Waals surface area contributed by atoms with Gasteiger partial charge in [-0.05, 0) is 24.6 Å². The molecule has 1 N–H and O–H groups in total. The van der Waals surface area contributed by atoms with Crippen LogP contribution in [0.2, 0.25) is 0 Å². The van der Waals surface area contributed by atoms with Gasteiger partial charge in [-0.25, -0.2) is 0 Å². The molecule has 1 amide bonds. The van der Waals surface area contributed by atoms with Crippen molar-refractivity contribution < 1.29 is 9.53 Å². The lowest BCUT2D eigenvalue weighted by Gasteiger charge is -2.36. The summed E-state index contributed by atoms with van der Waals surface area (Å²) in [6.45, 7) is 6.79. The molecule has 27 heavy (non-hydrogen) atoms. The average molecular weight is 367 g/mol. The highest BCUT2D eigenvalue weighted by molar-refractivity contribution is 5.76. The van der Waals surface area contributed by atoms with E-state index in [4.69, 9.17) is 4.74 Å². The minimum absolute atomic E-state index is 0.228. The Kier molecular flexibility index (Phi) is 6.71. The lowest BCUT2D eigenvalue weighted by molar-refractivity contribution is -0.131. The number of hydrogen-bond donors (Lipinski definition) is 1. The molecular weight excluding hydrogens is 338 g/mol. The number of amides is 1. The van der Waals surface area contributed by atoms with E-state index in [9.17, 15) is 4.79 Å². The minimum atomic E-state index is 0.228. The number of rotatable bonds is 7. The van der Waals surface area contributed by atoms with E-state index in [-0.39, 0.29) is 5.91 Å². The second-order valence-electron chi connectivity index (χ2n) is 6.95. The highest BCUT2D eigenvalue weighted by atomic mass is 16.5. The molecule has 1 aliphatic heterocycles. The van der Waals surface area contributed by atoms with Gasteiger partial charge in [0.25, 0.3) is 0 Å². The van der Waals surface area contributed by atoms with Crippen molar-refractivity contribution >= 4 is 11.6 Å². The number of aryl methyl sites for hydroxylation is 1. The van der Waals surface area contributed by atoms with Gasteiger partial charge in [0.05, 0.1) is 12.8 Å². The predicted octanol–water partition coefficient (Wildman–Crippen LogP) is 2.83. The summed E-state index contributed by atoms with van der Waals surface area (Å²) in [5.74, 6) is 1.11. The molecular formula is C22H29N3O2. The van der Waals surface area contributed by atoms with Crippen molar-refractivity contribution in [2.45, 2.75) is 19.9 Å². The molecule has 0 aromatic heterocycles. The van der Waals surface area contributed by atoms with Crippen LogP contribution in [0.4, 0.5) is 5.69 Å². The van der Waals surface area contributed by atoms with E-state index in [1.807, 2.05) is 23.1 Å². The third-order valence-electron chi connectivity index (χ3n) is 5.02. The fraction of sp³-hybridized carbons (Fsp3) is 0.409. The standard InChI is InChI=1S/C22H29N3O2/c1-18-7-9-19(10-8-18)17-23-12-11-22(26)25-15-13-24(14-16-25)20-5-3-4-6-21(20)27-2/h3-10,23H,11-17H2,1-2H3. The molecule has 1 heterocycles. The molecule has 1 aliphatic rings. The molecule has 0 unspecified atom stereocenters. The highest BCUT2D eigenvalue weighted by Gasteiger charge is 2.22. The van der Waals surface area contributed by atoms with Crippen LogP contribution in [0.25, 0.3) is 0 Å². The van der Waals surface area contributed by atoms with E-state index in [1.54, 1.807) is 7.11 Å². The van der Waals surface area contributed by atoms with Gasteiger partial charge in [-0.3, -0.25) is 4.79 Å². The van der Waals surface area contributed by atoms with E-state index in [2.05, 4.69) is 47.5 Å². The Bertz CT molecular complexity index is 737. The zero-order valence-corrected chi connectivity index (χ0v) is 16.3. The molecule has 144 valence electrons. The fourth-order valence-corrected chi connectivity index (χ4v) is 3.38. The molecule has 5 heteroatoms. The van der Waals surface area contributed by atoms with Crippen molar-refractivity contribution in [2.75, 3.05) is 44.7 Å². The maximum Gasteiger partial charge on any atom is 0.223 e. The second-order valence-corrected chi connectivity index (χ2v) is 6.95. The third kappa shape index (κ3) is 5.23. The highest BCUT2D eigenvalue weighted by Crippen LogP contribution is 2.28. The molecule has 0 saturated carbocycles. The SMILES string of the molecule is COc1ccccc1N1CCN(C(=O)CCNCc2ccc(C)cc2)CC1. The molecule has 1 fully saturated rings. The van der Waals surface area contributed by atoms with Gasteiger partial charge in [-0.1, -0.05) is 42.0 Å². The second kappa shape index (κ2) is 9.42. The van der Waals surface area contributed by atoms with Crippen molar-refractivity contribution in [1.29, 1.82) is 0 Å². The Hall–Kier alpha value is -2.53. The Labute approximate surface area is 161 Å². The number of carbonyl (C=O) groups is 1. The van der Waals surface area contributed by atoms with Crippen molar-refractivity contribution in [3.8, 4) is 5.75 Å². The summed E-state index contributed by atoms with van der Waals surface area (Å²) in [6, 6.07) is 16.5. The summed E-state index contributed by atoms with van der Waals surface area (Å²) >= 11 is 0. The lowest BCUT2D eigenvalue weighted by Crippen LogP contribution is -2.49. The van der Waals surface area contributed by atoms with Crippen LogP contribution >= 0.6 is 0 Å². The lowest BCUT2D eigenvalue weighted by atomic mass is 10.1. The first-order chi connectivity index (χ1) is 13.2. The van der Waals surface area contributed by atoms with Crippen LogP contribution < -0.4 is 15.0 Å². The van der Waals surface area contributed by atoms with Gasteiger partial charge in [-0.2, -0.15) is 0 Å². The first-order valence-electron chi connectivity index (χ1n) is 9.59. The molecule has 0 radical (unpaired) electrons. The number of methoxy groups -OCH3 is 1. The number of hydrogen-bond acceptors (Lipinski definition) is 4. The number of nitrogens with zero attached hydrogens (tertiary/aromatic N) is 2. The largest absolute Gasteiger partial charge is 0.495 e. The number of anilines is 1. The van der Waals surface area contributed by atoms with Gasteiger partial charge >= 0.3 is 0 Å². The molecule has 0 spiro atoms. The molecule has 0 atom stereocenters. The van der Waals surface area contributed by atoms with Crippen LogP contribution in [0, 0.1) is 6.92 Å². The van der Waals surface area contributed by atoms with Crippen LogP contribution in [-0.4, -0.2) is 50.6 Å². The minimum Gasteiger partial charge on any atom is -0.495 e. The van der Waals surface area contributed by atoms with Crippen molar-refractivity contribution in [1.82, 2.24) is 10.2 Å². The van der Waals surface area contributed by atoms with E-state index >= 15 is 0 Å². The number of piperazine rings is 1. The van der Waals surface area contributed by atoms with Gasteiger partial charge in [0.15, 0.2) is 0 Å². The van der Waals surface area contributed by atoms with E-state index in [0.29, 0.717) is 13.0 Å². The molecule has 0 bridgehead atoms. The van der Waals surface area contributed by atoms with Gasteiger partial charge in [-0.15, -0.1) is 0 Å². The van der Waals surface area contributed by atoms with Crippen molar-refractivity contribution in [3.05, 3.63) is 59.7 Å². The van der Waals surface area contributed by atoms with Crippen LogP contribution in [0.5, 0.6) is 5.75 Å². The average Bonchev–Trinajstić information content (AvgIpc) is 2.72. The van der Waals surface area contributed by atoms with E-state index in [1.165, 1.54) is 11.1 Å². The summed E-state index contributed by atoms with van der Waals surface area (Å²) in [7, 11) is 1.70. The van der Waals surface area contributed by atoms with Crippen LogP contribution in [-0.2, 0) is 11.3 Å². The summed E-state index contributed by atoms with van der Waals surface area (Å²) in [4.78, 5) is 16.7. The van der Waals surface area contributed by atoms with Gasteiger partial charge in [0, 0.05) is 45.7 Å². The zero-order valence-electron chi connectivity index (χ0n) is 16.3. The van der Waals surface area contributed by atoms with Crippen LogP contribution in [0.3, 0.4) is 0 Å². The smallest absolute Gasteiger partial charge is 0.223 e. The predicted molar refractivity (Wildman–Crippen MR) is 109 cm³/mol. The van der Waals surface area contributed by atoms with E-state index in [0.717, 1.165) is 44.2 Å². The number of benzene rings is 2. The first kappa shape index (κ1) is 19.2. The first-order valence-corrected chi connectivity index (χ1v) is 9.59. The topological polar surface area (TPSA) is 44.8 Å². The van der Waals surface area contributed by atoms with Crippen LogP contribution in [0.1, 0.15) is 17.5 Å². The molecule has 5 nitrogen and oxygen atoms in total. The van der Waals surface area contributed by atoms with E-state index < -0.39 is 0 Å². The van der Waals surface area contributed by atoms with Crippen molar-refractivity contribution in [2.24, 2.45) is 0 Å². The maximum absolute atomic E-state index is 12.5. The summed E-state index contributed by atoms with van der Waals surface area (Å²) in [5.41, 5.74) is 3.62. The quantitative estimate of drug-likeness (QED) is 0.765. The Morgan fingerprint density at radius 3 is 2.44 bits per heavy atom. The molecule has 0 aliphatic carbocycles. The number of ether oxygens (including phenoxy) is 1. The maximum atomic E-state index is 12.5. The Morgan fingerprint density at radius 1 is 1.04 bits per heavy atom. The third-order valence-corrected chi connectivity index (χ3v) is 5.02. The monoisotopic (exact) mass is 367 g/mol. The van der Waals surface area contributed by atoms with Crippen LogP contribution in [0.15, 0.2) is 48.5 Å². The summed E-state index contributed by atoms with van der Waals surface area (Å²) < 4.78 is 5.45. The Morgan fingerprint density at radius 2 is 1.74 bits per heavy atom. The number of nitrogens with one attached hydrogen (secondary N) is 1. The zero-order chi connectivity index (χ0) is 19.1. The fourth-order valence-electron chi connectivity index (χ4n) is 3.38. The van der Waals surface area contributed by atoms with Gasteiger partial charge in [0.2, 0.25) is 5.91 Å². The normalized spacial score (nSPS) is 14.3. The molecule has 2 aromatic carbocycles. The molecule has 2 aromatic rings. The van der Waals surface area contributed by atoms with Gasteiger partial charge < -0.3 is 19.9 Å². The number of carbonyl (C=O) groups excluding carboxylic acids is 1. The van der Waals surface area contributed by atoms with Gasteiger partial charge in [0.1, 0.15) is 5.75 Å². The summed E-state index contributed by atoms with van der Waals surface area (Å²) in [5, 5.41) is 3.37.